The zero-order valence-corrected chi connectivity index (χ0v) is 24.2. The second-order valence-corrected chi connectivity index (χ2v) is 11.7. The highest BCUT2D eigenvalue weighted by atomic mass is 32.2. The molecule has 8 nitrogen and oxygen atoms in total. The van der Waals surface area contributed by atoms with Gasteiger partial charge in [0.1, 0.15) is 18.3 Å². The van der Waals surface area contributed by atoms with Crippen LogP contribution >= 0.6 is 0 Å². The highest BCUT2D eigenvalue weighted by molar-refractivity contribution is 7.95. The molecule has 1 aliphatic rings. The van der Waals surface area contributed by atoms with Gasteiger partial charge in [0.15, 0.2) is 12.4 Å². The first kappa shape index (κ1) is 30.9. The van der Waals surface area contributed by atoms with Crippen LogP contribution in [0.4, 0.5) is 0 Å². The van der Waals surface area contributed by atoms with Crippen molar-refractivity contribution < 1.29 is 37.2 Å². The van der Waals surface area contributed by atoms with E-state index in [0.717, 1.165) is 11.1 Å². The lowest BCUT2D eigenvalue weighted by molar-refractivity contribution is -0.314. The smallest absolute Gasteiger partial charge is 0.205 e. The molecular formula is C32H38O8S. The Bertz CT molecular complexity index is 1320. The Morgan fingerprint density at radius 3 is 1.88 bits per heavy atom. The van der Waals surface area contributed by atoms with Gasteiger partial charge in [-0.1, -0.05) is 92.2 Å². The normalized spacial score (nSPS) is 23.3. The molecule has 5 atom stereocenters. The number of aliphatic hydroxyl groups excluding tert-OH is 1. The van der Waals surface area contributed by atoms with Crippen molar-refractivity contribution in [3.8, 4) is 0 Å². The molecule has 0 spiro atoms. The summed E-state index contributed by atoms with van der Waals surface area (Å²) >= 11 is 0. The molecule has 3 aromatic carbocycles. The van der Waals surface area contributed by atoms with E-state index in [1.54, 1.807) is 30.3 Å². The molecule has 3 aromatic rings. The van der Waals surface area contributed by atoms with Gasteiger partial charge in [-0.2, -0.15) is 0 Å². The summed E-state index contributed by atoms with van der Waals surface area (Å²) in [7, 11) is -2.30. The summed E-state index contributed by atoms with van der Waals surface area (Å²) in [6, 6.07) is 27.6. The van der Waals surface area contributed by atoms with E-state index in [4.69, 9.17) is 23.7 Å². The van der Waals surface area contributed by atoms with Crippen molar-refractivity contribution in [1.82, 2.24) is 0 Å². The SMILES string of the molecule is CCC/C(=C\OC1C(CO)OC(OC)C(OCc2ccccc2)C1OCc1ccccc1)S(=O)(=O)c1ccccc1. The summed E-state index contributed by atoms with van der Waals surface area (Å²) in [4.78, 5) is 0.308. The minimum atomic E-state index is -3.80. The third-order valence-corrected chi connectivity index (χ3v) is 8.71. The minimum absolute atomic E-state index is 0.125. The molecule has 4 rings (SSSR count). The van der Waals surface area contributed by atoms with Crippen LogP contribution in [0, 0.1) is 0 Å². The maximum atomic E-state index is 13.5. The van der Waals surface area contributed by atoms with E-state index < -0.39 is 47.2 Å². The Hall–Kier alpha value is -3.05. The van der Waals surface area contributed by atoms with Crippen molar-refractivity contribution in [3.05, 3.63) is 113 Å². The van der Waals surface area contributed by atoms with Crippen LogP contribution in [-0.2, 0) is 46.7 Å². The molecule has 1 aliphatic heterocycles. The van der Waals surface area contributed by atoms with Crippen LogP contribution in [0.5, 0.6) is 0 Å². The highest BCUT2D eigenvalue weighted by Gasteiger charge is 2.49. The van der Waals surface area contributed by atoms with Crippen LogP contribution in [0.25, 0.3) is 0 Å². The number of rotatable bonds is 14. The van der Waals surface area contributed by atoms with Crippen molar-refractivity contribution in [3.63, 3.8) is 0 Å². The predicted molar refractivity (Wildman–Crippen MR) is 154 cm³/mol. The third-order valence-electron chi connectivity index (χ3n) is 6.83. The first-order valence-electron chi connectivity index (χ1n) is 13.7. The fraction of sp³-hybridized carbons (Fsp3) is 0.375. The van der Waals surface area contributed by atoms with Crippen LogP contribution in [0.1, 0.15) is 30.9 Å². The molecule has 0 amide bonds. The fourth-order valence-corrected chi connectivity index (χ4v) is 6.16. The van der Waals surface area contributed by atoms with Gasteiger partial charge >= 0.3 is 0 Å². The first-order chi connectivity index (χ1) is 20.0. The number of benzene rings is 3. The Labute approximate surface area is 242 Å². The van der Waals surface area contributed by atoms with Gasteiger partial charge in [-0.15, -0.1) is 0 Å². The lowest BCUT2D eigenvalue weighted by Crippen LogP contribution is -2.61. The number of sulfone groups is 1. The van der Waals surface area contributed by atoms with Gasteiger partial charge in [-0.25, -0.2) is 8.42 Å². The second kappa shape index (κ2) is 15.3. The van der Waals surface area contributed by atoms with Gasteiger partial charge < -0.3 is 28.8 Å². The van der Waals surface area contributed by atoms with Gasteiger partial charge in [0.2, 0.25) is 9.84 Å². The molecule has 0 aromatic heterocycles. The van der Waals surface area contributed by atoms with Crippen molar-refractivity contribution >= 4 is 9.84 Å². The zero-order chi connectivity index (χ0) is 29.1. The van der Waals surface area contributed by atoms with Crippen LogP contribution < -0.4 is 0 Å². The molecule has 0 radical (unpaired) electrons. The Morgan fingerprint density at radius 1 is 0.829 bits per heavy atom. The maximum absolute atomic E-state index is 13.5. The van der Waals surface area contributed by atoms with E-state index in [-0.39, 0.29) is 29.4 Å². The number of aliphatic hydroxyl groups is 1. The van der Waals surface area contributed by atoms with Crippen molar-refractivity contribution in [2.24, 2.45) is 0 Å². The van der Waals surface area contributed by atoms with Crippen molar-refractivity contribution in [2.75, 3.05) is 13.7 Å². The number of ether oxygens (including phenoxy) is 5. The summed E-state index contributed by atoms with van der Waals surface area (Å²) in [5.74, 6) is 0. The molecule has 5 unspecified atom stereocenters. The molecule has 0 saturated carbocycles. The number of methoxy groups -OCH3 is 1. The minimum Gasteiger partial charge on any atom is -0.491 e. The van der Waals surface area contributed by atoms with Crippen LogP contribution in [0.3, 0.4) is 0 Å². The molecule has 1 saturated heterocycles. The number of allylic oxidation sites excluding steroid dienone is 1. The lowest BCUT2D eigenvalue weighted by atomic mass is 9.98. The average molecular weight is 583 g/mol. The molecular weight excluding hydrogens is 544 g/mol. The van der Waals surface area contributed by atoms with E-state index in [1.165, 1.54) is 13.4 Å². The van der Waals surface area contributed by atoms with E-state index in [1.807, 2.05) is 67.6 Å². The van der Waals surface area contributed by atoms with E-state index in [2.05, 4.69) is 0 Å². The molecule has 41 heavy (non-hydrogen) atoms. The molecule has 0 bridgehead atoms. The Morgan fingerprint density at radius 2 is 1.37 bits per heavy atom. The number of hydrogen-bond acceptors (Lipinski definition) is 8. The van der Waals surface area contributed by atoms with Gasteiger partial charge in [0, 0.05) is 7.11 Å². The monoisotopic (exact) mass is 582 g/mol. The quantitative estimate of drug-likeness (QED) is 0.265. The van der Waals surface area contributed by atoms with Crippen LogP contribution in [0.15, 0.2) is 107 Å². The van der Waals surface area contributed by atoms with Gasteiger partial charge in [0.25, 0.3) is 0 Å². The highest BCUT2D eigenvalue weighted by Crippen LogP contribution is 2.31. The number of hydrogen-bond donors (Lipinski definition) is 1. The van der Waals surface area contributed by atoms with Crippen LogP contribution in [-0.4, -0.2) is 57.9 Å². The average Bonchev–Trinajstić information content (AvgIpc) is 3.02. The van der Waals surface area contributed by atoms with Crippen molar-refractivity contribution in [1.29, 1.82) is 0 Å². The second-order valence-electron chi connectivity index (χ2n) is 9.73. The Kier molecular flexibility index (Phi) is 11.5. The van der Waals surface area contributed by atoms with Gasteiger partial charge in [-0.3, -0.25) is 0 Å². The predicted octanol–water partition coefficient (Wildman–Crippen LogP) is 5.02. The zero-order valence-electron chi connectivity index (χ0n) is 23.4. The third kappa shape index (κ3) is 8.03. The van der Waals surface area contributed by atoms with Crippen LogP contribution in [0.2, 0.25) is 0 Å². The lowest BCUT2D eigenvalue weighted by Gasteiger charge is -2.44. The van der Waals surface area contributed by atoms with Crippen molar-refractivity contribution in [2.45, 2.75) is 68.6 Å². The van der Waals surface area contributed by atoms with E-state index in [9.17, 15) is 13.5 Å². The van der Waals surface area contributed by atoms with E-state index >= 15 is 0 Å². The molecule has 9 heteroatoms. The Balaban J connectivity index is 1.66. The summed E-state index contributed by atoms with van der Waals surface area (Å²) in [5, 5.41) is 10.3. The van der Waals surface area contributed by atoms with Gasteiger partial charge in [0.05, 0.1) is 35.9 Å². The largest absolute Gasteiger partial charge is 0.491 e. The summed E-state index contributed by atoms with van der Waals surface area (Å²) < 4.78 is 57.5. The molecule has 1 heterocycles. The first-order valence-corrected chi connectivity index (χ1v) is 15.2. The summed E-state index contributed by atoms with van der Waals surface area (Å²) in [6.45, 7) is 2.00. The summed E-state index contributed by atoms with van der Waals surface area (Å²) in [5.41, 5.74) is 1.88. The molecule has 220 valence electrons. The summed E-state index contributed by atoms with van der Waals surface area (Å²) in [6.07, 6.45) is -2.00. The maximum Gasteiger partial charge on any atom is 0.205 e. The van der Waals surface area contributed by atoms with E-state index in [0.29, 0.717) is 6.42 Å². The van der Waals surface area contributed by atoms with Gasteiger partial charge in [-0.05, 0) is 29.7 Å². The fourth-order valence-electron chi connectivity index (χ4n) is 4.69. The topological polar surface area (TPSA) is 101 Å². The molecule has 0 aliphatic carbocycles. The molecule has 1 fully saturated rings. The molecule has 1 N–H and O–H groups in total. The standard InChI is InChI=1S/C32H38O8S/c1-3-13-27(41(34,35)26-18-11-6-12-19-26)23-39-29-28(20-33)40-32(36-2)31(38-22-25-16-9-5-10-17-25)30(29)37-21-24-14-7-4-8-15-24/h4-12,14-19,23,28-33H,3,13,20-22H2,1-2H3/b27-23+.